The van der Waals surface area contributed by atoms with Crippen LogP contribution in [0.3, 0.4) is 0 Å². The van der Waals surface area contributed by atoms with Crippen LogP contribution in [0.15, 0.2) is 48.6 Å². The molecule has 1 aromatic rings. The van der Waals surface area contributed by atoms with Gasteiger partial charge in [-0.25, -0.2) is 0 Å². The zero-order valence-electron chi connectivity index (χ0n) is 9.82. The summed E-state index contributed by atoms with van der Waals surface area (Å²) < 4.78 is 0. The normalized spacial score (nSPS) is 24.2. The van der Waals surface area contributed by atoms with Gasteiger partial charge in [0.1, 0.15) is 0 Å². The average molecular weight is 213 g/mol. The highest BCUT2D eigenvalue weighted by Gasteiger charge is 2.24. The fourth-order valence-corrected chi connectivity index (χ4v) is 2.12. The molecule has 0 heterocycles. The van der Waals surface area contributed by atoms with E-state index in [1.807, 2.05) is 6.07 Å². The highest BCUT2D eigenvalue weighted by molar-refractivity contribution is 5.75. The largest absolute Gasteiger partial charge is 0.330 e. The van der Waals surface area contributed by atoms with Crippen molar-refractivity contribution < 1.29 is 0 Å². The van der Waals surface area contributed by atoms with Crippen molar-refractivity contribution in [1.29, 1.82) is 0 Å². The molecule has 1 aromatic carbocycles. The molecule has 0 spiro atoms. The number of nitrogens with two attached hydrogens (primary N) is 1. The molecule has 0 amide bonds. The Kier molecular flexibility index (Phi) is 3.25. The van der Waals surface area contributed by atoms with Gasteiger partial charge in [-0.15, -0.1) is 0 Å². The van der Waals surface area contributed by atoms with Gasteiger partial charge in [0.05, 0.1) is 0 Å². The quantitative estimate of drug-likeness (QED) is 0.818. The number of rotatable bonds is 3. The molecule has 0 radical (unpaired) electrons. The second-order valence-corrected chi connectivity index (χ2v) is 4.48. The molecular weight excluding hydrogens is 194 g/mol. The van der Waals surface area contributed by atoms with Crippen molar-refractivity contribution in [2.45, 2.75) is 19.8 Å². The Morgan fingerprint density at radius 3 is 2.50 bits per heavy atom. The van der Waals surface area contributed by atoms with Crippen LogP contribution < -0.4 is 5.73 Å². The third-order valence-corrected chi connectivity index (χ3v) is 3.56. The maximum Gasteiger partial charge on any atom is 0.00398 e. The van der Waals surface area contributed by atoms with Gasteiger partial charge in [-0.3, -0.25) is 0 Å². The van der Waals surface area contributed by atoms with E-state index in [2.05, 4.69) is 49.4 Å². The van der Waals surface area contributed by atoms with E-state index in [0.29, 0.717) is 0 Å². The van der Waals surface area contributed by atoms with Crippen LogP contribution in [0.2, 0.25) is 0 Å². The van der Waals surface area contributed by atoms with Crippen LogP contribution in [-0.2, 0) is 0 Å². The van der Waals surface area contributed by atoms with E-state index in [1.165, 1.54) is 11.1 Å². The monoisotopic (exact) mass is 213 g/mol. The molecule has 84 valence electrons. The summed E-state index contributed by atoms with van der Waals surface area (Å²) in [6.45, 7) is 2.94. The first-order valence-electron chi connectivity index (χ1n) is 5.94. The molecule has 0 bridgehead atoms. The van der Waals surface area contributed by atoms with Gasteiger partial charge in [-0.1, -0.05) is 55.5 Å². The molecule has 16 heavy (non-hydrogen) atoms. The number of benzene rings is 1. The Bertz CT molecular complexity index is 397. The van der Waals surface area contributed by atoms with Crippen molar-refractivity contribution in [2.24, 2.45) is 11.1 Å². The van der Waals surface area contributed by atoms with Crippen molar-refractivity contribution in [3.63, 3.8) is 0 Å². The average Bonchev–Trinajstić information content (AvgIpc) is 2.40. The van der Waals surface area contributed by atoms with Gasteiger partial charge in [0.2, 0.25) is 0 Å². The minimum atomic E-state index is 0.193. The molecule has 1 unspecified atom stereocenters. The molecule has 0 aliphatic heterocycles. The second-order valence-electron chi connectivity index (χ2n) is 4.48. The predicted octanol–water partition coefficient (Wildman–Crippen LogP) is 3.39. The van der Waals surface area contributed by atoms with E-state index in [9.17, 15) is 0 Å². The molecule has 1 heteroatoms. The molecule has 1 aliphatic rings. The standard InChI is InChI=1S/C15H19N/c1-2-15(12-16)10-8-14(9-11-15)13-6-4-3-5-7-13/h3-10H,2,11-12,16H2,1H3. The lowest BCUT2D eigenvalue weighted by molar-refractivity contribution is 0.381. The van der Waals surface area contributed by atoms with Crippen molar-refractivity contribution in [2.75, 3.05) is 6.54 Å². The lowest BCUT2D eigenvalue weighted by atomic mass is 9.77. The summed E-state index contributed by atoms with van der Waals surface area (Å²) in [5.41, 5.74) is 8.65. The van der Waals surface area contributed by atoms with E-state index in [0.717, 1.165) is 19.4 Å². The maximum absolute atomic E-state index is 5.85. The Hall–Kier alpha value is -1.34. The Morgan fingerprint density at radius 2 is 2.00 bits per heavy atom. The third-order valence-electron chi connectivity index (χ3n) is 3.56. The van der Waals surface area contributed by atoms with Crippen molar-refractivity contribution >= 4 is 5.57 Å². The first kappa shape index (κ1) is 11.2. The molecule has 1 atom stereocenters. The lowest BCUT2D eigenvalue weighted by Gasteiger charge is -2.29. The van der Waals surface area contributed by atoms with E-state index in [-0.39, 0.29) is 5.41 Å². The first-order chi connectivity index (χ1) is 7.79. The molecule has 0 fully saturated rings. The van der Waals surface area contributed by atoms with Gasteiger partial charge < -0.3 is 5.73 Å². The highest BCUT2D eigenvalue weighted by atomic mass is 14.6. The summed E-state index contributed by atoms with van der Waals surface area (Å²) in [6, 6.07) is 10.5. The molecular formula is C15H19N. The first-order valence-corrected chi connectivity index (χ1v) is 5.94. The Labute approximate surface area is 97.7 Å². The summed E-state index contributed by atoms with van der Waals surface area (Å²) in [4.78, 5) is 0. The maximum atomic E-state index is 5.85. The van der Waals surface area contributed by atoms with E-state index >= 15 is 0 Å². The number of allylic oxidation sites excluding steroid dienone is 3. The van der Waals surface area contributed by atoms with Crippen LogP contribution in [0.25, 0.3) is 5.57 Å². The van der Waals surface area contributed by atoms with Crippen molar-refractivity contribution in [3.8, 4) is 0 Å². The van der Waals surface area contributed by atoms with Gasteiger partial charge >= 0.3 is 0 Å². The summed E-state index contributed by atoms with van der Waals surface area (Å²) in [6.07, 6.45) is 8.98. The van der Waals surface area contributed by atoms with Gasteiger partial charge in [-0.2, -0.15) is 0 Å². The third kappa shape index (κ3) is 2.10. The lowest BCUT2D eigenvalue weighted by Crippen LogP contribution is -2.28. The van der Waals surface area contributed by atoms with E-state index < -0.39 is 0 Å². The van der Waals surface area contributed by atoms with Gasteiger partial charge in [0, 0.05) is 12.0 Å². The Morgan fingerprint density at radius 1 is 1.25 bits per heavy atom. The van der Waals surface area contributed by atoms with E-state index in [1.54, 1.807) is 0 Å². The van der Waals surface area contributed by atoms with Gasteiger partial charge in [-0.05, 0) is 24.0 Å². The van der Waals surface area contributed by atoms with Crippen molar-refractivity contribution in [3.05, 3.63) is 54.1 Å². The van der Waals surface area contributed by atoms with Crippen LogP contribution in [0.1, 0.15) is 25.3 Å². The molecule has 0 saturated carbocycles. The molecule has 1 aliphatic carbocycles. The molecule has 1 nitrogen and oxygen atoms in total. The molecule has 2 rings (SSSR count). The summed E-state index contributed by atoms with van der Waals surface area (Å²) in [5.74, 6) is 0. The zero-order valence-corrected chi connectivity index (χ0v) is 9.82. The SMILES string of the molecule is CCC1(CN)C=CC(c2ccccc2)=CC1. The minimum Gasteiger partial charge on any atom is -0.330 e. The van der Waals surface area contributed by atoms with Crippen molar-refractivity contribution in [1.82, 2.24) is 0 Å². The van der Waals surface area contributed by atoms with Crippen LogP contribution >= 0.6 is 0 Å². The van der Waals surface area contributed by atoms with E-state index in [4.69, 9.17) is 5.73 Å². The molecule has 0 aromatic heterocycles. The zero-order chi connectivity index (χ0) is 11.4. The van der Waals surface area contributed by atoms with Gasteiger partial charge in [0.25, 0.3) is 0 Å². The second kappa shape index (κ2) is 4.67. The summed E-state index contributed by atoms with van der Waals surface area (Å²) in [7, 11) is 0. The smallest absolute Gasteiger partial charge is 0.00398 e. The predicted molar refractivity (Wildman–Crippen MR) is 70.0 cm³/mol. The molecule has 2 N–H and O–H groups in total. The fourth-order valence-electron chi connectivity index (χ4n) is 2.12. The Balaban J connectivity index is 2.20. The fraction of sp³-hybridized carbons (Fsp3) is 0.333. The number of hydrogen-bond acceptors (Lipinski definition) is 1. The molecule has 0 saturated heterocycles. The summed E-state index contributed by atoms with van der Waals surface area (Å²) >= 11 is 0. The van der Waals surface area contributed by atoms with Crippen LogP contribution in [0.4, 0.5) is 0 Å². The van der Waals surface area contributed by atoms with Crippen LogP contribution in [0, 0.1) is 5.41 Å². The van der Waals surface area contributed by atoms with Gasteiger partial charge in [0.15, 0.2) is 0 Å². The number of hydrogen-bond donors (Lipinski definition) is 1. The highest BCUT2D eigenvalue weighted by Crippen LogP contribution is 2.34. The summed E-state index contributed by atoms with van der Waals surface area (Å²) in [5, 5.41) is 0. The van der Waals surface area contributed by atoms with Crippen LogP contribution in [-0.4, -0.2) is 6.54 Å². The minimum absolute atomic E-state index is 0.193. The van der Waals surface area contributed by atoms with Crippen LogP contribution in [0.5, 0.6) is 0 Å². The topological polar surface area (TPSA) is 26.0 Å².